The zero-order valence-corrected chi connectivity index (χ0v) is 11.3. The maximum absolute atomic E-state index is 12.1. The van der Waals surface area contributed by atoms with Crippen LogP contribution in [-0.2, 0) is 0 Å². The van der Waals surface area contributed by atoms with E-state index >= 15 is 0 Å². The zero-order chi connectivity index (χ0) is 14.7. The van der Waals surface area contributed by atoms with Gasteiger partial charge < -0.3 is 20.3 Å². The van der Waals surface area contributed by atoms with E-state index in [0.717, 1.165) is 0 Å². The van der Waals surface area contributed by atoms with Gasteiger partial charge in [-0.25, -0.2) is 0 Å². The van der Waals surface area contributed by atoms with Crippen LogP contribution in [0.1, 0.15) is 10.4 Å². The molecule has 0 aliphatic heterocycles. The Morgan fingerprint density at radius 2 is 1.90 bits per heavy atom. The molecule has 2 aromatic rings. The Kier molecular flexibility index (Phi) is 4.00. The summed E-state index contributed by atoms with van der Waals surface area (Å²) < 4.78 is 5.12. The number of nitrogens with one attached hydrogen (secondary N) is 1. The third-order valence-corrected chi connectivity index (χ3v) is 2.88. The predicted octanol–water partition coefficient (Wildman–Crippen LogP) is 3.01. The fraction of sp³-hybridized carbons (Fsp3) is 0.0714. The quantitative estimate of drug-likeness (QED) is 0.760. The molecular formula is C14H12ClNO4. The van der Waals surface area contributed by atoms with E-state index in [9.17, 15) is 15.0 Å². The molecule has 0 bridgehead atoms. The van der Waals surface area contributed by atoms with Gasteiger partial charge >= 0.3 is 0 Å². The van der Waals surface area contributed by atoms with E-state index in [-0.39, 0.29) is 17.1 Å². The lowest BCUT2D eigenvalue weighted by Crippen LogP contribution is -2.12. The van der Waals surface area contributed by atoms with E-state index in [4.69, 9.17) is 16.3 Å². The smallest absolute Gasteiger partial charge is 0.255 e. The Hall–Kier alpha value is -2.40. The van der Waals surface area contributed by atoms with Crippen molar-refractivity contribution >= 4 is 23.2 Å². The Balaban J connectivity index is 2.27. The molecule has 0 atom stereocenters. The lowest BCUT2D eigenvalue weighted by Gasteiger charge is -2.11. The topological polar surface area (TPSA) is 78.8 Å². The Morgan fingerprint density at radius 3 is 2.55 bits per heavy atom. The average Bonchev–Trinajstić information content (AvgIpc) is 2.42. The molecule has 3 N–H and O–H groups in total. The molecule has 6 heteroatoms. The van der Waals surface area contributed by atoms with Gasteiger partial charge in [-0.2, -0.15) is 0 Å². The van der Waals surface area contributed by atoms with Gasteiger partial charge in [0.25, 0.3) is 5.91 Å². The van der Waals surface area contributed by atoms with Gasteiger partial charge in [0.1, 0.15) is 5.75 Å². The number of carbonyl (C=O) groups is 1. The van der Waals surface area contributed by atoms with Gasteiger partial charge in [0.2, 0.25) is 0 Å². The number of anilines is 1. The third kappa shape index (κ3) is 2.95. The van der Waals surface area contributed by atoms with E-state index in [1.54, 1.807) is 18.2 Å². The van der Waals surface area contributed by atoms with Gasteiger partial charge in [-0.1, -0.05) is 11.6 Å². The van der Waals surface area contributed by atoms with Crippen LogP contribution < -0.4 is 10.1 Å². The van der Waals surface area contributed by atoms with Crippen LogP contribution in [0.3, 0.4) is 0 Å². The molecule has 0 saturated carbocycles. The summed E-state index contributed by atoms with van der Waals surface area (Å²) in [5.74, 6) is -0.649. The summed E-state index contributed by atoms with van der Waals surface area (Å²) in [5, 5.41) is 21.7. The monoisotopic (exact) mass is 293 g/mol. The van der Waals surface area contributed by atoms with Crippen molar-refractivity contribution < 1.29 is 19.7 Å². The molecule has 0 heterocycles. The van der Waals surface area contributed by atoms with Crippen molar-refractivity contribution in [2.75, 3.05) is 12.4 Å². The van der Waals surface area contributed by atoms with E-state index in [1.807, 2.05) is 0 Å². The summed E-state index contributed by atoms with van der Waals surface area (Å²) >= 11 is 5.87. The number of phenolic OH excluding ortho intramolecular Hbond substituents is 2. The number of ether oxygens (including phenoxy) is 1. The number of aromatic hydroxyl groups is 2. The van der Waals surface area contributed by atoms with Gasteiger partial charge in [0.05, 0.1) is 12.8 Å². The van der Waals surface area contributed by atoms with E-state index in [0.29, 0.717) is 16.5 Å². The molecule has 2 aromatic carbocycles. The highest BCUT2D eigenvalue weighted by Gasteiger charge is 2.12. The zero-order valence-electron chi connectivity index (χ0n) is 10.6. The third-order valence-electron chi connectivity index (χ3n) is 2.65. The number of phenols is 2. The maximum Gasteiger partial charge on any atom is 0.255 e. The normalized spacial score (nSPS) is 10.1. The van der Waals surface area contributed by atoms with Gasteiger partial charge in [0.15, 0.2) is 11.5 Å². The van der Waals surface area contributed by atoms with E-state index in [2.05, 4.69) is 5.32 Å². The molecule has 5 nitrogen and oxygen atoms in total. The lowest BCUT2D eigenvalue weighted by molar-refractivity contribution is 0.102. The number of rotatable bonds is 3. The molecule has 104 valence electrons. The van der Waals surface area contributed by atoms with Crippen LogP contribution in [0, 0.1) is 0 Å². The Bertz CT molecular complexity index is 658. The second-order valence-electron chi connectivity index (χ2n) is 4.00. The molecule has 1 amide bonds. The summed E-state index contributed by atoms with van der Waals surface area (Å²) in [4.78, 5) is 12.1. The molecule has 0 aromatic heterocycles. The predicted molar refractivity (Wildman–Crippen MR) is 75.7 cm³/mol. The minimum Gasteiger partial charge on any atom is -0.504 e. The van der Waals surface area contributed by atoms with Gasteiger partial charge in [0, 0.05) is 10.6 Å². The second kappa shape index (κ2) is 5.71. The first-order chi connectivity index (χ1) is 9.51. The second-order valence-corrected chi connectivity index (χ2v) is 4.44. The highest BCUT2D eigenvalue weighted by atomic mass is 35.5. The van der Waals surface area contributed by atoms with Crippen LogP contribution in [0.25, 0.3) is 0 Å². The van der Waals surface area contributed by atoms with Gasteiger partial charge in [-0.15, -0.1) is 0 Å². The van der Waals surface area contributed by atoms with Crippen LogP contribution in [0.2, 0.25) is 5.02 Å². The van der Waals surface area contributed by atoms with Crippen LogP contribution >= 0.6 is 11.6 Å². The molecule has 2 rings (SSSR count). The number of halogens is 1. The van der Waals surface area contributed by atoms with Crippen molar-refractivity contribution in [1.29, 1.82) is 0 Å². The molecule has 0 fully saturated rings. The number of methoxy groups -OCH3 is 1. The highest BCUT2D eigenvalue weighted by Crippen LogP contribution is 2.29. The Morgan fingerprint density at radius 1 is 1.15 bits per heavy atom. The average molecular weight is 294 g/mol. The fourth-order valence-corrected chi connectivity index (χ4v) is 1.81. The first-order valence-corrected chi connectivity index (χ1v) is 6.06. The molecule has 0 spiro atoms. The number of benzene rings is 2. The van der Waals surface area contributed by atoms with Crippen LogP contribution in [-0.4, -0.2) is 23.2 Å². The standard InChI is InChI=1S/C14H12ClNO4/c1-20-13-5-3-9(15)7-10(13)16-14(19)8-2-4-11(17)12(18)6-8/h2-7,17-18H,1H3,(H,16,19). The SMILES string of the molecule is COc1ccc(Cl)cc1NC(=O)c1ccc(O)c(O)c1. The summed E-state index contributed by atoms with van der Waals surface area (Å²) in [6.45, 7) is 0. The lowest BCUT2D eigenvalue weighted by atomic mass is 10.2. The summed E-state index contributed by atoms with van der Waals surface area (Å²) in [7, 11) is 1.48. The number of hydrogen-bond donors (Lipinski definition) is 3. The Labute approximate surface area is 120 Å². The van der Waals surface area contributed by atoms with Crippen LogP contribution in [0.4, 0.5) is 5.69 Å². The molecular weight excluding hydrogens is 282 g/mol. The summed E-state index contributed by atoms with van der Waals surface area (Å²) in [6.07, 6.45) is 0. The van der Waals surface area contributed by atoms with Crippen LogP contribution in [0.5, 0.6) is 17.2 Å². The van der Waals surface area contributed by atoms with Crippen molar-refractivity contribution in [3.8, 4) is 17.2 Å². The van der Waals surface area contributed by atoms with Crippen molar-refractivity contribution in [1.82, 2.24) is 0 Å². The van der Waals surface area contributed by atoms with Crippen molar-refractivity contribution in [2.24, 2.45) is 0 Å². The minimum atomic E-state index is -0.458. The van der Waals surface area contributed by atoms with Crippen molar-refractivity contribution in [3.63, 3.8) is 0 Å². The summed E-state index contributed by atoms with van der Waals surface area (Å²) in [6, 6.07) is 8.62. The minimum absolute atomic E-state index is 0.197. The number of amides is 1. The molecule has 0 unspecified atom stereocenters. The van der Waals surface area contributed by atoms with Gasteiger partial charge in [-0.05, 0) is 36.4 Å². The van der Waals surface area contributed by atoms with Crippen LogP contribution in [0.15, 0.2) is 36.4 Å². The fourth-order valence-electron chi connectivity index (χ4n) is 1.64. The number of hydrogen-bond acceptors (Lipinski definition) is 4. The molecule has 0 radical (unpaired) electrons. The first kappa shape index (κ1) is 14.0. The highest BCUT2D eigenvalue weighted by molar-refractivity contribution is 6.31. The molecule has 0 aliphatic rings. The first-order valence-electron chi connectivity index (χ1n) is 5.68. The van der Waals surface area contributed by atoms with E-state index < -0.39 is 5.91 Å². The molecule has 20 heavy (non-hydrogen) atoms. The van der Waals surface area contributed by atoms with Gasteiger partial charge in [-0.3, -0.25) is 4.79 Å². The molecule has 0 aliphatic carbocycles. The van der Waals surface area contributed by atoms with E-state index in [1.165, 1.54) is 25.3 Å². The molecule has 0 saturated heterocycles. The maximum atomic E-state index is 12.1. The van der Waals surface area contributed by atoms with Crippen molar-refractivity contribution in [3.05, 3.63) is 47.0 Å². The largest absolute Gasteiger partial charge is 0.504 e. The number of carbonyl (C=O) groups excluding carboxylic acids is 1. The van der Waals surface area contributed by atoms with Crippen molar-refractivity contribution in [2.45, 2.75) is 0 Å². The summed E-state index contributed by atoms with van der Waals surface area (Å²) in [5.41, 5.74) is 0.611.